The summed E-state index contributed by atoms with van der Waals surface area (Å²) in [6.45, 7) is 9.15. The lowest BCUT2D eigenvalue weighted by Crippen LogP contribution is -2.42. The van der Waals surface area contributed by atoms with Crippen molar-refractivity contribution in [3.05, 3.63) is 30.1 Å². The minimum Gasteiger partial charge on any atom is -0.466 e. The van der Waals surface area contributed by atoms with Gasteiger partial charge in [0.2, 0.25) is 5.91 Å². The molecule has 0 N–H and O–H groups in total. The number of pyridine rings is 1. The van der Waals surface area contributed by atoms with Crippen molar-refractivity contribution in [1.29, 1.82) is 0 Å². The number of hydrogen-bond acceptors (Lipinski definition) is 4. The first-order chi connectivity index (χ1) is 10.9. The second-order valence-electron chi connectivity index (χ2n) is 6.55. The number of esters is 1. The smallest absolute Gasteiger partial charge is 0.314 e. The molecule has 1 fully saturated rings. The van der Waals surface area contributed by atoms with Crippen molar-refractivity contribution in [2.75, 3.05) is 19.7 Å². The van der Waals surface area contributed by atoms with E-state index in [2.05, 4.69) is 4.98 Å². The average molecular weight is 318 g/mol. The maximum atomic E-state index is 12.8. The number of rotatable bonds is 5. The van der Waals surface area contributed by atoms with Crippen molar-refractivity contribution in [1.82, 2.24) is 9.88 Å². The highest BCUT2D eigenvalue weighted by Gasteiger charge is 2.49. The van der Waals surface area contributed by atoms with E-state index in [1.54, 1.807) is 17.3 Å². The summed E-state index contributed by atoms with van der Waals surface area (Å²) in [4.78, 5) is 31.1. The van der Waals surface area contributed by atoms with Gasteiger partial charge in [-0.05, 0) is 37.8 Å². The molecule has 2 rings (SSSR count). The van der Waals surface area contributed by atoms with Crippen LogP contribution in [0.4, 0.5) is 0 Å². The van der Waals surface area contributed by atoms with E-state index in [-0.39, 0.29) is 23.7 Å². The van der Waals surface area contributed by atoms with Crippen LogP contribution in [0.5, 0.6) is 0 Å². The van der Waals surface area contributed by atoms with Gasteiger partial charge in [-0.3, -0.25) is 14.6 Å². The van der Waals surface area contributed by atoms with E-state index in [9.17, 15) is 9.59 Å². The fourth-order valence-corrected chi connectivity index (χ4v) is 3.22. The summed E-state index contributed by atoms with van der Waals surface area (Å²) in [5.74, 6) is -0.258. The fraction of sp³-hybridized carbons (Fsp3) is 0.611. The van der Waals surface area contributed by atoms with Crippen LogP contribution in [-0.4, -0.2) is 41.5 Å². The van der Waals surface area contributed by atoms with Gasteiger partial charge in [0.25, 0.3) is 0 Å². The van der Waals surface area contributed by atoms with Gasteiger partial charge in [-0.1, -0.05) is 19.9 Å². The van der Waals surface area contributed by atoms with Crippen molar-refractivity contribution in [3.8, 4) is 0 Å². The van der Waals surface area contributed by atoms with E-state index < -0.39 is 5.41 Å². The Morgan fingerprint density at radius 1 is 1.39 bits per heavy atom. The molecule has 0 saturated carbocycles. The molecule has 1 aliphatic heterocycles. The Labute approximate surface area is 138 Å². The third-order valence-electron chi connectivity index (χ3n) is 4.95. The van der Waals surface area contributed by atoms with Gasteiger partial charge < -0.3 is 9.64 Å². The van der Waals surface area contributed by atoms with Crippen molar-refractivity contribution in [2.24, 2.45) is 11.3 Å². The number of nitrogens with zero attached hydrogens (tertiary/aromatic N) is 2. The number of carbonyl (C=O) groups excluding carboxylic acids is 2. The summed E-state index contributed by atoms with van der Waals surface area (Å²) in [5.41, 5.74) is 0.316. The largest absolute Gasteiger partial charge is 0.466 e. The predicted octanol–water partition coefficient (Wildman–Crippen LogP) is 2.62. The van der Waals surface area contributed by atoms with E-state index in [4.69, 9.17) is 4.74 Å². The molecular formula is C18H26N2O3. The molecule has 126 valence electrons. The quantitative estimate of drug-likeness (QED) is 0.783. The highest BCUT2D eigenvalue weighted by molar-refractivity contribution is 5.85. The minimum atomic E-state index is -0.583. The molecule has 1 aliphatic rings. The van der Waals surface area contributed by atoms with Gasteiger partial charge in [0, 0.05) is 25.5 Å². The highest BCUT2D eigenvalue weighted by Crippen LogP contribution is 2.40. The molecule has 2 atom stereocenters. The van der Waals surface area contributed by atoms with Gasteiger partial charge in [0.15, 0.2) is 0 Å². The average Bonchev–Trinajstić information content (AvgIpc) is 3.01. The lowest BCUT2D eigenvalue weighted by Gasteiger charge is -2.31. The normalized spacial score (nSPS) is 22.2. The van der Waals surface area contributed by atoms with Gasteiger partial charge in [-0.2, -0.15) is 0 Å². The lowest BCUT2D eigenvalue weighted by molar-refractivity contribution is -0.157. The van der Waals surface area contributed by atoms with Crippen LogP contribution in [0.25, 0.3) is 0 Å². The number of hydrogen-bond donors (Lipinski definition) is 0. The summed E-state index contributed by atoms with van der Waals surface area (Å²) >= 11 is 0. The van der Waals surface area contributed by atoms with E-state index in [0.29, 0.717) is 26.1 Å². The predicted molar refractivity (Wildman–Crippen MR) is 87.8 cm³/mol. The van der Waals surface area contributed by atoms with Crippen LogP contribution in [0.15, 0.2) is 24.5 Å². The summed E-state index contributed by atoms with van der Waals surface area (Å²) in [5, 5.41) is 0. The van der Waals surface area contributed by atoms with E-state index in [1.807, 2.05) is 39.8 Å². The van der Waals surface area contributed by atoms with Crippen LogP contribution in [-0.2, 0) is 14.3 Å². The third-order valence-corrected chi connectivity index (χ3v) is 4.95. The van der Waals surface area contributed by atoms with E-state index >= 15 is 0 Å². The molecule has 0 radical (unpaired) electrons. The molecular weight excluding hydrogens is 292 g/mol. The van der Waals surface area contributed by atoms with E-state index in [1.165, 1.54) is 0 Å². The van der Waals surface area contributed by atoms with Gasteiger partial charge in [-0.15, -0.1) is 0 Å². The molecule has 1 aromatic heterocycles. The second kappa shape index (κ2) is 7.11. The highest BCUT2D eigenvalue weighted by atomic mass is 16.5. The van der Waals surface area contributed by atoms with Crippen LogP contribution < -0.4 is 0 Å². The first kappa shape index (κ1) is 17.4. The Morgan fingerprint density at radius 2 is 2.13 bits per heavy atom. The third kappa shape index (κ3) is 3.38. The van der Waals surface area contributed by atoms with Gasteiger partial charge >= 0.3 is 5.97 Å². The maximum absolute atomic E-state index is 12.8. The minimum absolute atomic E-state index is 0.0461. The number of ether oxygens (including phenoxy) is 1. The van der Waals surface area contributed by atoms with E-state index in [0.717, 1.165) is 5.56 Å². The van der Waals surface area contributed by atoms with Crippen molar-refractivity contribution in [2.45, 2.75) is 40.0 Å². The van der Waals surface area contributed by atoms with Crippen molar-refractivity contribution in [3.63, 3.8) is 0 Å². The van der Waals surface area contributed by atoms with Crippen molar-refractivity contribution >= 4 is 11.9 Å². The molecule has 5 nitrogen and oxygen atoms in total. The molecule has 1 amide bonds. The number of amides is 1. The van der Waals surface area contributed by atoms with Crippen LogP contribution in [0.3, 0.4) is 0 Å². The Hall–Kier alpha value is -1.91. The maximum Gasteiger partial charge on any atom is 0.314 e. The molecule has 0 aromatic carbocycles. The van der Waals surface area contributed by atoms with Gasteiger partial charge in [0.1, 0.15) is 0 Å². The van der Waals surface area contributed by atoms with Crippen molar-refractivity contribution < 1.29 is 14.3 Å². The Morgan fingerprint density at radius 3 is 2.70 bits per heavy atom. The molecule has 0 aliphatic carbocycles. The number of likely N-dealkylation sites (tertiary alicyclic amines) is 1. The molecule has 1 saturated heterocycles. The fourth-order valence-electron chi connectivity index (χ4n) is 3.22. The first-order valence-electron chi connectivity index (χ1n) is 8.28. The number of carbonyl (C=O) groups is 2. The zero-order valence-electron chi connectivity index (χ0n) is 14.4. The van der Waals surface area contributed by atoms with Crippen LogP contribution in [0.2, 0.25) is 0 Å². The van der Waals surface area contributed by atoms with Crippen LogP contribution >= 0.6 is 0 Å². The Kier molecular flexibility index (Phi) is 5.39. The molecule has 23 heavy (non-hydrogen) atoms. The molecule has 0 unspecified atom stereocenters. The summed E-state index contributed by atoms with van der Waals surface area (Å²) < 4.78 is 5.28. The SMILES string of the molecule is CCOC(=O)[C@@]1(C(C)C)CCN(C(=O)[C@@H](C)c2cccnc2)C1. The second-order valence-corrected chi connectivity index (χ2v) is 6.55. The molecule has 1 aromatic rings. The molecule has 0 bridgehead atoms. The Balaban J connectivity index is 2.14. The molecule has 2 heterocycles. The zero-order chi connectivity index (χ0) is 17.0. The monoisotopic (exact) mass is 318 g/mol. The summed E-state index contributed by atoms with van der Waals surface area (Å²) in [6.07, 6.45) is 4.08. The Bertz CT molecular complexity index is 559. The first-order valence-corrected chi connectivity index (χ1v) is 8.28. The summed E-state index contributed by atoms with van der Waals surface area (Å²) in [7, 11) is 0. The zero-order valence-corrected chi connectivity index (χ0v) is 14.4. The van der Waals surface area contributed by atoms with Crippen LogP contribution in [0, 0.1) is 11.3 Å². The standard InChI is InChI=1S/C18H26N2O3/c1-5-23-17(22)18(13(2)3)8-10-20(12-18)16(21)14(4)15-7-6-9-19-11-15/h6-7,9,11,13-14H,5,8,10,12H2,1-4H3/t14-,18-/m0/s1. The summed E-state index contributed by atoms with van der Waals surface area (Å²) in [6, 6.07) is 3.74. The topological polar surface area (TPSA) is 59.5 Å². The van der Waals surface area contributed by atoms with Crippen LogP contribution in [0.1, 0.15) is 45.6 Å². The molecule has 5 heteroatoms. The number of aromatic nitrogens is 1. The lowest BCUT2D eigenvalue weighted by atomic mass is 9.76. The molecule has 0 spiro atoms. The van der Waals surface area contributed by atoms with Gasteiger partial charge in [-0.25, -0.2) is 0 Å². The van der Waals surface area contributed by atoms with Gasteiger partial charge in [0.05, 0.1) is 17.9 Å².